The number of unbranched alkanes of at least 4 members (excludes halogenated alkanes) is 7. The second kappa shape index (κ2) is 15.2. The Labute approximate surface area is 109 Å². The molecule has 0 bridgehead atoms. The molecule has 0 spiro atoms. The zero-order valence-electron chi connectivity index (χ0n) is 11.8. The topological polar surface area (TPSA) is 0 Å². The van der Waals surface area contributed by atoms with E-state index in [9.17, 15) is 0 Å². The maximum absolute atomic E-state index is 2.30. The average molecular weight is 234 g/mol. The standard InChI is InChI=1S/C17H30/c1-3-5-7-9-11-13-15-17-16-14-12-10-8-6-4-2/h3,5,14-17H,4,6-13H2,1-2H3/b5-3-,16-14+,17-15-. The minimum atomic E-state index is 1.22. The second-order valence-corrected chi connectivity index (χ2v) is 4.56. The van der Waals surface area contributed by atoms with Gasteiger partial charge in [-0.2, -0.15) is 0 Å². The van der Waals surface area contributed by atoms with Crippen LogP contribution in [0.2, 0.25) is 0 Å². The lowest BCUT2D eigenvalue weighted by Gasteiger charge is -1.93. The summed E-state index contributed by atoms with van der Waals surface area (Å²) in [5.74, 6) is 0. The maximum atomic E-state index is 2.30. The van der Waals surface area contributed by atoms with Gasteiger partial charge in [-0.3, -0.25) is 0 Å². The third-order valence-electron chi connectivity index (χ3n) is 2.83. The van der Waals surface area contributed by atoms with Gasteiger partial charge in [0.05, 0.1) is 0 Å². The Hall–Kier alpha value is -0.780. The van der Waals surface area contributed by atoms with Crippen molar-refractivity contribution in [3.05, 3.63) is 36.5 Å². The fourth-order valence-electron chi connectivity index (χ4n) is 1.73. The first kappa shape index (κ1) is 16.2. The van der Waals surface area contributed by atoms with Crippen molar-refractivity contribution < 1.29 is 0 Å². The summed E-state index contributed by atoms with van der Waals surface area (Å²) >= 11 is 0. The molecule has 0 saturated carbocycles. The zero-order chi connectivity index (χ0) is 12.6. The molecule has 0 atom stereocenters. The Morgan fingerprint density at radius 1 is 0.647 bits per heavy atom. The van der Waals surface area contributed by atoms with Crippen molar-refractivity contribution in [3.63, 3.8) is 0 Å². The van der Waals surface area contributed by atoms with E-state index in [1.807, 2.05) is 0 Å². The van der Waals surface area contributed by atoms with Crippen LogP contribution in [0.1, 0.15) is 71.6 Å². The minimum absolute atomic E-state index is 1.22. The van der Waals surface area contributed by atoms with Crippen LogP contribution in [0.4, 0.5) is 0 Å². The molecule has 0 radical (unpaired) electrons. The first-order chi connectivity index (χ1) is 8.41. The van der Waals surface area contributed by atoms with Crippen LogP contribution < -0.4 is 0 Å². The van der Waals surface area contributed by atoms with E-state index in [1.54, 1.807) is 0 Å². The van der Waals surface area contributed by atoms with Gasteiger partial charge in [0, 0.05) is 0 Å². The number of hydrogen-bond acceptors (Lipinski definition) is 0. The van der Waals surface area contributed by atoms with E-state index in [0.29, 0.717) is 0 Å². The molecule has 0 aliphatic carbocycles. The third kappa shape index (κ3) is 15.2. The molecule has 0 aliphatic heterocycles. The van der Waals surface area contributed by atoms with Crippen molar-refractivity contribution in [2.45, 2.75) is 71.6 Å². The molecule has 17 heavy (non-hydrogen) atoms. The Bertz CT molecular complexity index is 208. The van der Waals surface area contributed by atoms with E-state index in [-0.39, 0.29) is 0 Å². The summed E-state index contributed by atoms with van der Waals surface area (Å²) in [6.45, 7) is 4.35. The first-order valence-corrected chi connectivity index (χ1v) is 7.34. The van der Waals surface area contributed by atoms with Crippen LogP contribution in [0.3, 0.4) is 0 Å². The van der Waals surface area contributed by atoms with Crippen LogP contribution in [0.5, 0.6) is 0 Å². The van der Waals surface area contributed by atoms with E-state index < -0.39 is 0 Å². The van der Waals surface area contributed by atoms with Crippen LogP contribution >= 0.6 is 0 Å². The van der Waals surface area contributed by atoms with Crippen molar-refractivity contribution in [2.24, 2.45) is 0 Å². The largest absolute Gasteiger partial charge is 0.0917 e. The number of rotatable bonds is 11. The molecule has 0 amide bonds. The Morgan fingerprint density at radius 2 is 1.18 bits per heavy atom. The fourth-order valence-corrected chi connectivity index (χ4v) is 1.73. The second-order valence-electron chi connectivity index (χ2n) is 4.56. The van der Waals surface area contributed by atoms with Gasteiger partial charge in [0.15, 0.2) is 0 Å². The molecule has 0 aromatic heterocycles. The molecular weight excluding hydrogens is 204 g/mol. The molecule has 0 rings (SSSR count). The van der Waals surface area contributed by atoms with Crippen molar-refractivity contribution in [3.8, 4) is 0 Å². The summed E-state index contributed by atoms with van der Waals surface area (Å²) < 4.78 is 0. The molecule has 98 valence electrons. The van der Waals surface area contributed by atoms with Gasteiger partial charge in [0.2, 0.25) is 0 Å². The smallest absolute Gasteiger partial charge is 0.0347 e. The van der Waals surface area contributed by atoms with Gasteiger partial charge in [-0.15, -0.1) is 0 Å². The van der Waals surface area contributed by atoms with Crippen LogP contribution in [0.15, 0.2) is 36.5 Å². The number of allylic oxidation sites excluding steroid dienone is 6. The van der Waals surface area contributed by atoms with Gasteiger partial charge in [-0.05, 0) is 45.4 Å². The van der Waals surface area contributed by atoms with E-state index in [2.05, 4.69) is 50.3 Å². The average Bonchev–Trinajstić information content (AvgIpc) is 2.35. The third-order valence-corrected chi connectivity index (χ3v) is 2.83. The Kier molecular flexibility index (Phi) is 14.5. The van der Waals surface area contributed by atoms with Crippen molar-refractivity contribution in [2.75, 3.05) is 0 Å². The predicted molar refractivity (Wildman–Crippen MR) is 80.3 cm³/mol. The minimum Gasteiger partial charge on any atom is -0.0917 e. The van der Waals surface area contributed by atoms with Crippen molar-refractivity contribution in [1.82, 2.24) is 0 Å². The normalized spacial score (nSPS) is 12.4. The highest BCUT2D eigenvalue weighted by Crippen LogP contribution is 2.04. The highest BCUT2D eigenvalue weighted by Gasteiger charge is 1.84. The molecule has 0 fully saturated rings. The highest BCUT2D eigenvalue weighted by molar-refractivity contribution is 5.02. The van der Waals surface area contributed by atoms with Gasteiger partial charge in [-0.1, -0.05) is 62.6 Å². The van der Waals surface area contributed by atoms with E-state index in [0.717, 1.165) is 0 Å². The fraction of sp³-hybridized carbons (Fsp3) is 0.647. The van der Waals surface area contributed by atoms with Gasteiger partial charge < -0.3 is 0 Å². The lowest BCUT2D eigenvalue weighted by atomic mass is 10.1. The van der Waals surface area contributed by atoms with E-state index in [1.165, 1.54) is 57.8 Å². The summed E-state index contributed by atoms with van der Waals surface area (Å²) in [7, 11) is 0. The Morgan fingerprint density at radius 3 is 1.71 bits per heavy atom. The summed E-state index contributed by atoms with van der Waals surface area (Å²) in [5, 5.41) is 0. The molecule has 0 heterocycles. The predicted octanol–water partition coefficient (Wildman–Crippen LogP) is 6.21. The monoisotopic (exact) mass is 234 g/mol. The van der Waals surface area contributed by atoms with Crippen molar-refractivity contribution in [1.29, 1.82) is 0 Å². The van der Waals surface area contributed by atoms with Gasteiger partial charge >= 0.3 is 0 Å². The summed E-state index contributed by atoms with van der Waals surface area (Å²) in [6, 6.07) is 0. The van der Waals surface area contributed by atoms with Gasteiger partial charge in [0.25, 0.3) is 0 Å². The molecule has 0 aromatic carbocycles. The highest BCUT2D eigenvalue weighted by atomic mass is 13.9. The van der Waals surface area contributed by atoms with E-state index in [4.69, 9.17) is 0 Å². The summed E-state index contributed by atoms with van der Waals surface area (Å²) in [4.78, 5) is 0. The SMILES string of the molecule is C/C=C\CCCC/C=C\C=C\CCCCCC. The van der Waals surface area contributed by atoms with Gasteiger partial charge in [-0.25, -0.2) is 0 Å². The van der Waals surface area contributed by atoms with Crippen molar-refractivity contribution >= 4 is 0 Å². The molecule has 0 nitrogen and oxygen atoms in total. The van der Waals surface area contributed by atoms with Gasteiger partial charge in [0.1, 0.15) is 0 Å². The Balaban J connectivity index is 3.20. The molecule has 0 unspecified atom stereocenters. The molecule has 0 N–H and O–H groups in total. The number of hydrogen-bond donors (Lipinski definition) is 0. The maximum Gasteiger partial charge on any atom is -0.0347 e. The van der Waals surface area contributed by atoms with Crippen LogP contribution in [-0.2, 0) is 0 Å². The lowest BCUT2D eigenvalue weighted by molar-refractivity contribution is 0.674. The summed E-state index contributed by atoms with van der Waals surface area (Å²) in [5.41, 5.74) is 0. The van der Waals surface area contributed by atoms with Crippen LogP contribution in [0, 0.1) is 0 Å². The van der Waals surface area contributed by atoms with E-state index >= 15 is 0 Å². The van der Waals surface area contributed by atoms with Crippen LogP contribution in [0.25, 0.3) is 0 Å². The molecule has 0 heteroatoms. The molecule has 0 aromatic rings. The quantitative estimate of drug-likeness (QED) is 0.227. The lowest BCUT2D eigenvalue weighted by Crippen LogP contribution is -1.73. The summed E-state index contributed by atoms with van der Waals surface area (Å²) in [6.07, 6.45) is 25.2. The molecular formula is C17H30. The van der Waals surface area contributed by atoms with Crippen LogP contribution in [-0.4, -0.2) is 0 Å². The molecule has 0 aliphatic rings. The zero-order valence-corrected chi connectivity index (χ0v) is 11.8. The first-order valence-electron chi connectivity index (χ1n) is 7.34. The molecule has 0 saturated heterocycles.